The maximum absolute atomic E-state index is 11.6. The van der Waals surface area contributed by atoms with E-state index < -0.39 is 0 Å². The second-order valence-electron chi connectivity index (χ2n) is 7.60. The summed E-state index contributed by atoms with van der Waals surface area (Å²) in [4.78, 5) is 16.6. The van der Waals surface area contributed by atoms with Crippen molar-refractivity contribution in [3.63, 3.8) is 0 Å². The molecule has 1 unspecified atom stereocenters. The summed E-state index contributed by atoms with van der Waals surface area (Å²) in [6.45, 7) is 2.49. The minimum absolute atomic E-state index is 0.240. The quantitative estimate of drug-likeness (QED) is 0.253. The van der Waals surface area contributed by atoms with E-state index in [2.05, 4.69) is 5.48 Å². The van der Waals surface area contributed by atoms with E-state index in [9.17, 15) is 4.79 Å². The number of hydroxylamine groups is 1. The van der Waals surface area contributed by atoms with Crippen LogP contribution < -0.4 is 19.7 Å². The monoisotopic (exact) mass is 461 g/mol. The molecule has 0 aliphatic carbocycles. The van der Waals surface area contributed by atoms with Crippen molar-refractivity contribution >= 4 is 11.7 Å². The van der Waals surface area contributed by atoms with E-state index in [0.29, 0.717) is 42.6 Å². The average Bonchev–Trinajstić information content (AvgIpc) is 3.28. The third-order valence-electron chi connectivity index (χ3n) is 5.22. The van der Waals surface area contributed by atoms with E-state index in [1.54, 1.807) is 20.3 Å². The second-order valence-corrected chi connectivity index (χ2v) is 7.60. The Morgan fingerprint density at radius 1 is 1.06 bits per heavy atom. The summed E-state index contributed by atoms with van der Waals surface area (Å²) in [5, 5.41) is 0. The van der Waals surface area contributed by atoms with Crippen LogP contribution in [0.5, 0.6) is 17.2 Å². The standard InChI is InChI=1S/C27H27NO6/c1-3-27(29)34-26-18-33-25-15-22(13-14-23(25)26)31-16-19-9-11-21(12-10-19)32-17-24(28-30-2)20-7-5-4-6-8-20/h4-15,17,26,28H,3,16,18H2,1-2H3. The fourth-order valence-electron chi connectivity index (χ4n) is 3.43. The van der Waals surface area contributed by atoms with Crippen LogP contribution >= 0.6 is 0 Å². The molecule has 176 valence electrons. The minimum Gasteiger partial charge on any atom is -0.489 e. The maximum atomic E-state index is 11.6. The summed E-state index contributed by atoms with van der Waals surface area (Å²) in [6, 6.07) is 23.0. The van der Waals surface area contributed by atoms with Crippen molar-refractivity contribution in [3.8, 4) is 17.2 Å². The van der Waals surface area contributed by atoms with E-state index in [-0.39, 0.29) is 12.1 Å². The molecule has 0 bridgehead atoms. The first-order valence-electron chi connectivity index (χ1n) is 11.1. The zero-order chi connectivity index (χ0) is 23.8. The highest BCUT2D eigenvalue weighted by Gasteiger charge is 2.27. The topological polar surface area (TPSA) is 75.3 Å². The lowest BCUT2D eigenvalue weighted by molar-refractivity contribution is -0.149. The Morgan fingerprint density at radius 2 is 1.82 bits per heavy atom. The summed E-state index contributed by atoms with van der Waals surface area (Å²) < 4.78 is 22.8. The van der Waals surface area contributed by atoms with Crippen molar-refractivity contribution in [1.82, 2.24) is 5.48 Å². The van der Waals surface area contributed by atoms with Crippen LogP contribution in [0.15, 0.2) is 79.1 Å². The Morgan fingerprint density at radius 3 is 2.56 bits per heavy atom. The molecule has 0 radical (unpaired) electrons. The van der Waals surface area contributed by atoms with Crippen LogP contribution in [0.2, 0.25) is 0 Å². The van der Waals surface area contributed by atoms with Crippen LogP contribution in [0, 0.1) is 0 Å². The molecule has 0 saturated heterocycles. The molecule has 0 saturated carbocycles. The molecule has 1 heterocycles. The van der Waals surface area contributed by atoms with Crippen LogP contribution in [0.1, 0.15) is 36.1 Å². The van der Waals surface area contributed by atoms with E-state index in [1.807, 2.05) is 72.8 Å². The van der Waals surface area contributed by atoms with Crippen molar-refractivity contribution in [1.29, 1.82) is 0 Å². The minimum atomic E-state index is -0.361. The van der Waals surface area contributed by atoms with Gasteiger partial charge in [-0.25, -0.2) is 0 Å². The molecule has 4 rings (SSSR count). The van der Waals surface area contributed by atoms with Gasteiger partial charge in [0, 0.05) is 23.6 Å². The Labute approximate surface area is 198 Å². The fraction of sp³-hybridized carbons (Fsp3) is 0.222. The van der Waals surface area contributed by atoms with Gasteiger partial charge in [-0.15, -0.1) is 0 Å². The van der Waals surface area contributed by atoms with Gasteiger partial charge < -0.3 is 18.9 Å². The van der Waals surface area contributed by atoms with Gasteiger partial charge >= 0.3 is 5.97 Å². The third-order valence-corrected chi connectivity index (χ3v) is 5.22. The number of esters is 1. The number of hydrogen-bond acceptors (Lipinski definition) is 7. The molecule has 0 spiro atoms. The lowest BCUT2D eigenvalue weighted by Gasteiger charge is -2.11. The number of fused-ring (bicyclic) bond motifs is 1. The predicted octanol–water partition coefficient (Wildman–Crippen LogP) is 5.18. The van der Waals surface area contributed by atoms with Crippen LogP contribution in [0.25, 0.3) is 5.70 Å². The van der Waals surface area contributed by atoms with E-state index in [0.717, 1.165) is 16.7 Å². The van der Waals surface area contributed by atoms with Gasteiger partial charge in [0.2, 0.25) is 0 Å². The van der Waals surface area contributed by atoms with E-state index in [1.165, 1.54) is 0 Å². The van der Waals surface area contributed by atoms with Gasteiger partial charge in [-0.3, -0.25) is 15.1 Å². The molecule has 7 heteroatoms. The van der Waals surface area contributed by atoms with Crippen LogP contribution in [0.4, 0.5) is 0 Å². The summed E-state index contributed by atoms with van der Waals surface area (Å²) in [6.07, 6.45) is 1.59. The van der Waals surface area contributed by atoms with E-state index in [4.69, 9.17) is 23.8 Å². The number of benzene rings is 3. The van der Waals surface area contributed by atoms with Gasteiger partial charge in [-0.05, 0) is 29.8 Å². The fourth-order valence-corrected chi connectivity index (χ4v) is 3.43. The second kappa shape index (κ2) is 11.2. The molecule has 1 aliphatic heterocycles. The number of ether oxygens (including phenoxy) is 4. The Kier molecular flexibility index (Phi) is 7.67. The molecular formula is C27H27NO6. The number of carbonyl (C=O) groups is 1. The highest BCUT2D eigenvalue weighted by molar-refractivity contribution is 5.69. The molecule has 3 aromatic carbocycles. The van der Waals surface area contributed by atoms with Crippen LogP contribution in [0.3, 0.4) is 0 Å². The summed E-state index contributed by atoms with van der Waals surface area (Å²) in [7, 11) is 1.55. The molecule has 0 fully saturated rings. The largest absolute Gasteiger partial charge is 0.489 e. The SMILES string of the molecule is CCC(=O)OC1COc2cc(OCc3ccc(OC=C(NOC)c4ccccc4)cc3)ccc21. The van der Waals surface area contributed by atoms with Crippen molar-refractivity contribution in [2.75, 3.05) is 13.7 Å². The molecule has 34 heavy (non-hydrogen) atoms. The zero-order valence-electron chi connectivity index (χ0n) is 19.2. The zero-order valence-corrected chi connectivity index (χ0v) is 19.2. The van der Waals surface area contributed by atoms with E-state index >= 15 is 0 Å². The van der Waals surface area contributed by atoms with Crippen LogP contribution in [-0.2, 0) is 21.0 Å². The summed E-state index contributed by atoms with van der Waals surface area (Å²) >= 11 is 0. The molecule has 0 aromatic heterocycles. The van der Waals surface area contributed by atoms with Gasteiger partial charge in [0.25, 0.3) is 0 Å². The average molecular weight is 462 g/mol. The molecular weight excluding hydrogens is 434 g/mol. The third kappa shape index (κ3) is 5.88. The Balaban J connectivity index is 1.33. The summed E-state index contributed by atoms with van der Waals surface area (Å²) in [5.41, 5.74) is 6.34. The van der Waals surface area contributed by atoms with Gasteiger partial charge in [0.05, 0.1) is 7.11 Å². The molecule has 1 N–H and O–H groups in total. The van der Waals surface area contributed by atoms with Crippen LogP contribution in [-0.4, -0.2) is 19.7 Å². The Hall–Kier alpha value is -3.97. The number of nitrogens with one attached hydrogen (secondary N) is 1. The van der Waals surface area contributed by atoms with Crippen molar-refractivity contribution < 1.29 is 28.6 Å². The van der Waals surface area contributed by atoms with Gasteiger partial charge in [0.1, 0.15) is 42.4 Å². The van der Waals surface area contributed by atoms with Gasteiger partial charge in [-0.1, -0.05) is 49.4 Å². The molecule has 0 amide bonds. The first-order valence-corrected chi connectivity index (χ1v) is 11.1. The molecule has 1 aliphatic rings. The highest BCUT2D eigenvalue weighted by Crippen LogP contribution is 2.37. The Bertz CT molecular complexity index is 1130. The summed E-state index contributed by atoms with van der Waals surface area (Å²) in [5.74, 6) is 1.81. The van der Waals surface area contributed by atoms with Crippen molar-refractivity contribution in [2.45, 2.75) is 26.1 Å². The number of rotatable bonds is 10. The van der Waals surface area contributed by atoms with Gasteiger partial charge in [-0.2, -0.15) is 0 Å². The first-order chi connectivity index (χ1) is 16.7. The predicted molar refractivity (Wildman–Crippen MR) is 127 cm³/mol. The lowest BCUT2D eigenvalue weighted by atomic mass is 10.1. The lowest BCUT2D eigenvalue weighted by Crippen LogP contribution is -2.11. The number of carbonyl (C=O) groups excluding carboxylic acids is 1. The highest BCUT2D eigenvalue weighted by atomic mass is 16.6. The van der Waals surface area contributed by atoms with Crippen molar-refractivity contribution in [3.05, 3.63) is 95.7 Å². The first kappa shape index (κ1) is 23.2. The molecule has 7 nitrogen and oxygen atoms in total. The molecule has 3 aromatic rings. The van der Waals surface area contributed by atoms with Gasteiger partial charge in [0.15, 0.2) is 6.10 Å². The number of hydrogen-bond donors (Lipinski definition) is 1. The molecule has 1 atom stereocenters. The van der Waals surface area contributed by atoms with Crippen molar-refractivity contribution in [2.24, 2.45) is 0 Å². The smallest absolute Gasteiger partial charge is 0.306 e. The maximum Gasteiger partial charge on any atom is 0.306 e. The normalized spacial score (nSPS) is 14.6.